The Morgan fingerprint density at radius 2 is 1.27 bits per heavy atom. The Morgan fingerprint density at radius 3 is 1.60 bits per heavy atom. The van der Waals surface area contributed by atoms with Gasteiger partial charge in [-0.05, 0) is 47.6 Å². The fraction of sp³-hybridized carbons (Fsp3) is 0.545. The standard InChI is InChI=1S/C22H33NO7/c1-21(2,3)29-19(24)23(20(25)30-22(4,5)6)12-10-11-16-17(27-8)13-15(26-7)14-18(16)28-9/h10-11,13-14H,12H2,1-9H3/b11-10+. The van der Waals surface area contributed by atoms with E-state index in [-0.39, 0.29) is 6.54 Å². The number of carbonyl (C=O) groups excluding carboxylic acids is 2. The van der Waals surface area contributed by atoms with Crippen molar-refractivity contribution in [3.63, 3.8) is 0 Å². The molecule has 1 aromatic rings. The van der Waals surface area contributed by atoms with E-state index in [1.165, 1.54) is 14.2 Å². The highest BCUT2D eigenvalue weighted by Crippen LogP contribution is 2.35. The highest BCUT2D eigenvalue weighted by Gasteiger charge is 2.30. The van der Waals surface area contributed by atoms with Crippen LogP contribution in [0.4, 0.5) is 9.59 Å². The van der Waals surface area contributed by atoms with E-state index in [1.807, 2.05) is 0 Å². The summed E-state index contributed by atoms with van der Waals surface area (Å²) in [6, 6.07) is 3.42. The molecule has 0 aromatic heterocycles. The Morgan fingerprint density at radius 1 is 0.833 bits per heavy atom. The van der Waals surface area contributed by atoms with Crippen molar-refractivity contribution in [2.24, 2.45) is 0 Å². The highest BCUT2D eigenvalue weighted by atomic mass is 16.6. The van der Waals surface area contributed by atoms with E-state index < -0.39 is 23.4 Å². The summed E-state index contributed by atoms with van der Waals surface area (Å²) in [5.74, 6) is 1.61. The fourth-order valence-electron chi connectivity index (χ4n) is 2.33. The Hall–Kier alpha value is -2.90. The molecule has 0 bridgehead atoms. The molecular formula is C22H33NO7. The zero-order valence-corrected chi connectivity index (χ0v) is 19.3. The molecule has 0 radical (unpaired) electrons. The van der Waals surface area contributed by atoms with Gasteiger partial charge in [-0.2, -0.15) is 0 Å². The third kappa shape index (κ3) is 7.85. The molecule has 0 spiro atoms. The lowest BCUT2D eigenvalue weighted by Gasteiger charge is -2.28. The third-order valence-electron chi connectivity index (χ3n) is 3.55. The molecule has 0 saturated carbocycles. The second-order valence-electron chi connectivity index (χ2n) is 8.42. The van der Waals surface area contributed by atoms with Gasteiger partial charge in [0, 0.05) is 12.1 Å². The molecular weight excluding hydrogens is 390 g/mol. The molecule has 0 fully saturated rings. The minimum Gasteiger partial charge on any atom is -0.496 e. The van der Waals surface area contributed by atoms with Crippen LogP contribution in [0.15, 0.2) is 18.2 Å². The van der Waals surface area contributed by atoms with Crippen LogP contribution in [0.25, 0.3) is 6.08 Å². The summed E-state index contributed by atoms with van der Waals surface area (Å²) in [4.78, 5) is 26.0. The molecule has 0 unspecified atom stereocenters. The highest BCUT2D eigenvalue weighted by molar-refractivity contribution is 5.88. The van der Waals surface area contributed by atoms with Crippen LogP contribution < -0.4 is 14.2 Å². The molecule has 8 nitrogen and oxygen atoms in total. The van der Waals surface area contributed by atoms with Crippen LogP contribution in [0.5, 0.6) is 17.2 Å². The third-order valence-corrected chi connectivity index (χ3v) is 3.55. The van der Waals surface area contributed by atoms with Crippen LogP contribution in [0, 0.1) is 0 Å². The van der Waals surface area contributed by atoms with Crippen LogP contribution in [0.3, 0.4) is 0 Å². The molecule has 0 aliphatic rings. The van der Waals surface area contributed by atoms with Crippen molar-refractivity contribution < 1.29 is 33.3 Å². The smallest absolute Gasteiger partial charge is 0.420 e. The van der Waals surface area contributed by atoms with Gasteiger partial charge in [0.05, 0.1) is 33.4 Å². The van der Waals surface area contributed by atoms with E-state index in [1.54, 1.807) is 72.9 Å². The van der Waals surface area contributed by atoms with Crippen molar-refractivity contribution in [3.05, 3.63) is 23.8 Å². The summed E-state index contributed by atoms with van der Waals surface area (Å²) in [6.45, 7) is 10.3. The van der Waals surface area contributed by atoms with E-state index in [0.29, 0.717) is 22.8 Å². The summed E-state index contributed by atoms with van der Waals surface area (Å²) in [5, 5.41) is 0. The number of amides is 2. The van der Waals surface area contributed by atoms with Crippen molar-refractivity contribution in [2.75, 3.05) is 27.9 Å². The molecule has 1 rings (SSSR count). The number of hydrogen-bond acceptors (Lipinski definition) is 7. The molecule has 0 N–H and O–H groups in total. The first-order valence-electron chi connectivity index (χ1n) is 9.51. The van der Waals surface area contributed by atoms with Gasteiger partial charge in [-0.1, -0.05) is 6.08 Å². The maximum atomic E-state index is 12.6. The number of imide groups is 1. The molecule has 0 aliphatic carbocycles. The van der Waals surface area contributed by atoms with Crippen molar-refractivity contribution in [3.8, 4) is 17.2 Å². The number of ether oxygens (including phenoxy) is 5. The summed E-state index contributed by atoms with van der Waals surface area (Å²) in [7, 11) is 4.60. The zero-order chi connectivity index (χ0) is 23.1. The lowest BCUT2D eigenvalue weighted by Crippen LogP contribution is -2.43. The topological polar surface area (TPSA) is 83.5 Å². The Labute approximate surface area is 178 Å². The van der Waals surface area contributed by atoms with Crippen molar-refractivity contribution >= 4 is 18.3 Å². The van der Waals surface area contributed by atoms with Crippen LogP contribution in [0.2, 0.25) is 0 Å². The number of carbonyl (C=O) groups is 2. The molecule has 0 atom stereocenters. The van der Waals surface area contributed by atoms with Gasteiger partial charge in [0.1, 0.15) is 28.5 Å². The number of hydrogen-bond donors (Lipinski definition) is 0. The summed E-state index contributed by atoms with van der Waals surface area (Å²) >= 11 is 0. The average molecular weight is 424 g/mol. The first-order valence-corrected chi connectivity index (χ1v) is 9.51. The Bertz CT molecular complexity index is 720. The second-order valence-corrected chi connectivity index (χ2v) is 8.42. The monoisotopic (exact) mass is 423 g/mol. The number of rotatable bonds is 6. The van der Waals surface area contributed by atoms with Crippen molar-refractivity contribution in [1.29, 1.82) is 0 Å². The zero-order valence-electron chi connectivity index (χ0n) is 19.3. The summed E-state index contributed by atoms with van der Waals surface area (Å²) in [6.07, 6.45) is 1.73. The lowest BCUT2D eigenvalue weighted by atomic mass is 10.1. The van der Waals surface area contributed by atoms with Gasteiger partial charge in [0.2, 0.25) is 0 Å². The summed E-state index contributed by atoms with van der Waals surface area (Å²) < 4.78 is 26.7. The molecule has 30 heavy (non-hydrogen) atoms. The SMILES string of the molecule is COc1cc(OC)c(/C=C/CN(C(=O)OC(C)(C)C)C(=O)OC(C)(C)C)c(OC)c1. The largest absolute Gasteiger partial charge is 0.496 e. The van der Waals surface area contributed by atoms with Gasteiger partial charge < -0.3 is 23.7 Å². The maximum Gasteiger partial charge on any atom is 0.420 e. The predicted octanol–water partition coefficient (Wildman–Crippen LogP) is 4.90. The predicted molar refractivity (Wildman–Crippen MR) is 114 cm³/mol. The van der Waals surface area contributed by atoms with Gasteiger partial charge in [-0.3, -0.25) is 0 Å². The van der Waals surface area contributed by atoms with E-state index in [0.717, 1.165) is 4.90 Å². The molecule has 1 aromatic carbocycles. The fourth-order valence-corrected chi connectivity index (χ4v) is 2.33. The Kier molecular flexibility index (Phi) is 8.57. The second kappa shape index (κ2) is 10.2. The van der Waals surface area contributed by atoms with Gasteiger partial charge in [0.15, 0.2) is 0 Å². The van der Waals surface area contributed by atoms with E-state index in [9.17, 15) is 9.59 Å². The average Bonchev–Trinajstić information content (AvgIpc) is 2.61. The Balaban J connectivity index is 3.18. The van der Waals surface area contributed by atoms with Gasteiger partial charge >= 0.3 is 12.2 Å². The quantitative estimate of drug-likeness (QED) is 0.643. The molecule has 0 saturated heterocycles. The number of benzene rings is 1. The van der Waals surface area contributed by atoms with E-state index in [2.05, 4.69) is 0 Å². The minimum absolute atomic E-state index is 0.0673. The van der Waals surface area contributed by atoms with Crippen LogP contribution in [-0.2, 0) is 9.47 Å². The molecule has 168 valence electrons. The molecule has 2 amide bonds. The number of nitrogens with zero attached hydrogens (tertiary/aromatic N) is 1. The lowest BCUT2D eigenvalue weighted by molar-refractivity contribution is 0.00377. The molecule has 0 aliphatic heterocycles. The first kappa shape index (κ1) is 25.1. The van der Waals surface area contributed by atoms with Crippen LogP contribution >= 0.6 is 0 Å². The normalized spacial score (nSPS) is 11.8. The van der Waals surface area contributed by atoms with E-state index >= 15 is 0 Å². The van der Waals surface area contributed by atoms with Gasteiger partial charge in [0.25, 0.3) is 0 Å². The van der Waals surface area contributed by atoms with E-state index in [4.69, 9.17) is 23.7 Å². The summed E-state index contributed by atoms with van der Waals surface area (Å²) in [5.41, 5.74) is -0.887. The molecule has 0 heterocycles. The van der Waals surface area contributed by atoms with Crippen molar-refractivity contribution in [1.82, 2.24) is 4.90 Å². The van der Waals surface area contributed by atoms with Gasteiger partial charge in [-0.15, -0.1) is 0 Å². The first-order chi connectivity index (χ1) is 13.8. The van der Waals surface area contributed by atoms with Crippen molar-refractivity contribution in [2.45, 2.75) is 52.7 Å². The van der Waals surface area contributed by atoms with Crippen LogP contribution in [-0.4, -0.2) is 56.2 Å². The van der Waals surface area contributed by atoms with Crippen LogP contribution in [0.1, 0.15) is 47.1 Å². The number of methoxy groups -OCH3 is 3. The minimum atomic E-state index is -0.796. The molecule has 8 heteroatoms. The maximum absolute atomic E-state index is 12.6. The van der Waals surface area contributed by atoms with Gasteiger partial charge in [-0.25, -0.2) is 14.5 Å².